The van der Waals surface area contributed by atoms with Crippen LogP contribution in [0.25, 0.3) is 0 Å². The average Bonchev–Trinajstić information content (AvgIpc) is 3.68. The Morgan fingerprint density at radius 2 is 1.27 bits per heavy atom. The number of hydrogen-bond donors (Lipinski definition) is 10. The first kappa shape index (κ1) is 51.1. The number of hydrogen-bond acceptors (Lipinski definition) is 10. The van der Waals surface area contributed by atoms with E-state index in [1.54, 1.807) is 0 Å². The number of nitrogens with zero attached hydrogens (tertiary/aromatic N) is 2. The van der Waals surface area contributed by atoms with Crippen LogP contribution in [-0.4, -0.2) is 114 Å². The quantitative estimate of drug-likeness (QED) is 0.0275. The molecule has 1 aliphatic heterocycles. The van der Waals surface area contributed by atoms with Crippen LogP contribution in [0, 0.1) is 17.8 Å². The summed E-state index contributed by atoms with van der Waals surface area (Å²) in [7, 11) is 0. The Morgan fingerprint density at radius 3 is 1.83 bits per heavy atom. The molecule has 0 aromatic rings. The number of aliphatic imine (C=N–C) groups is 1. The summed E-state index contributed by atoms with van der Waals surface area (Å²) in [6.45, 7) is 7.78. The number of carbonyl (C=O) groups excluding carboxylic acids is 8. The summed E-state index contributed by atoms with van der Waals surface area (Å²) >= 11 is 0. The molecule has 1 aliphatic carbocycles. The van der Waals surface area contributed by atoms with Crippen LogP contribution in [0.4, 0.5) is 0 Å². The number of nitrogens with one attached hydrogen (secondary N) is 5. The van der Waals surface area contributed by atoms with Crippen molar-refractivity contribution in [1.82, 2.24) is 31.5 Å². The Morgan fingerprint density at radius 1 is 0.667 bits per heavy atom. The molecule has 20 heteroatoms. The van der Waals surface area contributed by atoms with Crippen molar-refractivity contribution in [3.8, 4) is 0 Å². The Hall–Kier alpha value is -5.01. The molecule has 0 unspecified atom stereocenters. The van der Waals surface area contributed by atoms with Crippen molar-refractivity contribution >= 4 is 53.2 Å². The maximum absolute atomic E-state index is 14.0. The number of rotatable bonds is 26. The Balaban J connectivity index is 2.20. The van der Waals surface area contributed by atoms with Crippen LogP contribution in [0.1, 0.15) is 124 Å². The van der Waals surface area contributed by atoms with Gasteiger partial charge in [0.1, 0.15) is 36.3 Å². The molecule has 0 spiro atoms. The molecule has 8 amide bonds. The van der Waals surface area contributed by atoms with Crippen LogP contribution < -0.4 is 55.3 Å². The molecule has 2 aliphatic rings. The summed E-state index contributed by atoms with van der Waals surface area (Å²) in [5.41, 5.74) is 27.4. The SMILES string of the molecule is CC(C)CC[C@H](NC(=O)[C@H](CC(C)C)NC(=O)CCC1CCCCC1)C(=O)N[C@@H](CN)C(=O)N1CCC[C@H]1C(=O)N[C@@H](CCCN=C(N)N)C(=O)N[C@@H](CC(N)=O)C(N)=O. The minimum absolute atomic E-state index is 0.00418. The average molecular weight is 849 g/mol. The third-order valence-electron chi connectivity index (χ3n) is 10.9. The van der Waals surface area contributed by atoms with Gasteiger partial charge >= 0.3 is 0 Å². The van der Waals surface area contributed by atoms with Crippen molar-refractivity contribution in [3.63, 3.8) is 0 Å². The van der Waals surface area contributed by atoms with Gasteiger partial charge < -0.3 is 60.2 Å². The molecule has 2 fully saturated rings. The summed E-state index contributed by atoms with van der Waals surface area (Å²) in [6, 6.07) is -6.92. The van der Waals surface area contributed by atoms with E-state index < -0.39 is 84.0 Å². The fraction of sp³-hybridized carbons (Fsp3) is 0.775. The predicted molar refractivity (Wildman–Crippen MR) is 226 cm³/mol. The minimum Gasteiger partial charge on any atom is -0.370 e. The van der Waals surface area contributed by atoms with Crippen molar-refractivity contribution in [1.29, 1.82) is 0 Å². The highest BCUT2D eigenvalue weighted by atomic mass is 16.2. The molecule has 0 aromatic heterocycles. The molecule has 2 rings (SSSR count). The van der Waals surface area contributed by atoms with Crippen LogP contribution in [-0.2, 0) is 38.4 Å². The second-order valence-corrected chi connectivity index (χ2v) is 17.0. The molecule has 6 atom stereocenters. The minimum atomic E-state index is -1.43. The van der Waals surface area contributed by atoms with Crippen LogP contribution in [0.3, 0.4) is 0 Å². The second-order valence-electron chi connectivity index (χ2n) is 17.0. The van der Waals surface area contributed by atoms with Crippen LogP contribution in [0.2, 0.25) is 0 Å². The lowest BCUT2D eigenvalue weighted by Crippen LogP contribution is -2.60. The summed E-state index contributed by atoms with van der Waals surface area (Å²) in [6.07, 6.45) is 8.36. The smallest absolute Gasteiger partial charge is 0.247 e. The number of primary amides is 2. The fourth-order valence-corrected chi connectivity index (χ4v) is 7.56. The third-order valence-corrected chi connectivity index (χ3v) is 10.9. The Labute approximate surface area is 353 Å². The van der Waals surface area contributed by atoms with Gasteiger partial charge in [0.25, 0.3) is 0 Å². The van der Waals surface area contributed by atoms with E-state index in [-0.39, 0.29) is 69.0 Å². The molecule has 0 bridgehead atoms. The van der Waals surface area contributed by atoms with Crippen molar-refractivity contribution in [2.24, 2.45) is 51.4 Å². The highest BCUT2D eigenvalue weighted by Gasteiger charge is 2.40. The molecule has 0 aromatic carbocycles. The van der Waals surface area contributed by atoms with Crippen molar-refractivity contribution in [2.75, 3.05) is 19.6 Å². The highest BCUT2D eigenvalue weighted by molar-refractivity contribution is 5.97. The van der Waals surface area contributed by atoms with Crippen LogP contribution >= 0.6 is 0 Å². The molecule has 20 nitrogen and oxygen atoms in total. The van der Waals surface area contributed by atoms with E-state index in [1.165, 1.54) is 24.2 Å². The number of nitrogens with two attached hydrogens (primary N) is 5. The van der Waals surface area contributed by atoms with Gasteiger partial charge in [-0.3, -0.25) is 43.3 Å². The first-order valence-electron chi connectivity index (χ1n) is 21.5. The van der Waals surface area contributed by atoms with E-state index in [0.29, 0.717) is 31.6 Å². The van der Waals surface area contributed by atoms with Crippen molar-refractivity contribution < 1.29 is 38.4 Å². The lowest BCUT2D eigenvalue weighted by Gasteiger charge is -2.30. The van der Waals surface area contributed by atoms with E-state index in [0.717, 1.165) is 19.3 Å². The van der Waals surface area contributed by atoms with Gasteiger partial charge in [-0.2, -0.15) is 0 Å². The Bertz CT molecular complexity index is 1500. The first-order valence-corrected chi connectivity index (χ1v) is 21.5. The summed E-state index contributed by atoms with van der Waals surface area (Å²) < 4.78 is 0. The largest absolute Gasteiger partial charge is 0.370 e. The molecular weight excluding hydrogens is 777 g/mol. The number of amides is 8. The number of carbonyl (C=O) groups is 8. The van der Waals surface area contributed by atoms with E-state index in [9.17, 15) is 38.4 Å². The lowest BCUT2D eigenvalue weighted by atomic mass is 9.86. The zero-order valence-corrected chi connectivity index (χ0v) is 36.0. The van der Waals surface area contributed by atoms with Gasteiger partial charge in [0.2, 0.25) is 47.3 Å². The third kappa shape index (κ3) is 18.5. The van der Waals surface area contributed by atoms with E-state index in [1.807, 2.05) is 27.7 Å². The molecular formula is C40H72N12O8. The van der Waals surface area contributed by atoms with Gasteiger partial charge in [0, 0.05) is 26.1 Å². The first-order chi connectivity index (χ1) is 28.3. The normalized spacial score (nSPS) is 18.1. The van der Waals surface area contributed by atoms with Crippen molar-refractivity contribution in [2.45, 2.75) is 160 Å². The fourth-order valence-electron chi connectivity index (χ4n) is 7.56. The monoisotopic (exact) mass is 849 g/mol. The topological polar surface area (TPSA) is 342 Å². The molecule has 15 N–H and O–H groups in total. The summed E-state index contributed by atoms with van der Waals surface area (Å²) in [5.74, 6) is -4.82. The number of guanidine groups is 1. The highest BCUT2D eigenvalue weighted by Crippen LogP contribution is 2.27. The molecule has 1 saturated carbocycles. The molecule has 0 radical (unpaired) electrons. The van der Waals surface area contributed by atoms with Crippen molar-refractivity contribution in [3.05, 3.63) is 0 Å². The zero-order valence-electron chi connectivity index (χ0n) is 36.0. The molecule has 1 saturated heterocycles. The Kier molecular flexibility index (Phi) is 22.4. The van der Waals surface area contributed by atoms with Crippen LogP contribution in [0.15, 0.2) is 4.99 Å². The van der Waals surface area contributed by atoms with Gasteiger partial charge in [0.05, 0.1) is 6.42 Å². The van der Waals surface area contributed by atoms with E-state index in [2.05, 4.69) is 31.6 Å². The molecule has 60 heavy (non-hydrogen) atoms. The van der Waals surface area contributed by atoms with E-state index in [4.69, 9.17) is 28.7 Å². The van der Waals surface area contributed by atoms with Gasteiger partial charge in [-0.15, -0.1) is 0 Å². The summed E-state index contributed by atoms with van der Waals surface area (Å²) in [5, 5.41) is 13.4. The molecule has 1 heterocycles. The zero-order chi connectivity index (χ0) is 44.9. The van der Waals surface area contributed by atoms with E-state index >= 15 is 0 Å². The maximum atomic E-state index is 14.0. The molecule has 340 valence electrons. The van der Waals surface area contributed by atoms with Gasteiger partial charge in [0.15, 0.2) is 5.96 Å². The number of likely N-dealkylation sites (tertiary alicyclic amines) is 1. The lowest BCUT2D eigenvalue weighted by molar-refractivity contribution is -0.142. The van der Waals surface area contributed by atoms with Crippen LogP contribution in [0.5, 0.6) is 0 Å². The standard InChI is InChI=1S/C40H72N12O8/c1-23(2)14-16-27(48-37(58)29(20-24(3)4)47-33(54)17-15-25-10-6-5-7-11-25)36(57)51-30(22-41)39(60)52-19-9-13-31(52)38(59)49-26(12-8-18-46-40(44)45)35(56)50-28(34(43)55)21-32(42)53/h23-31H,5-22,41H2,1-4H3,(H2,42,53)(H2,43,55)(H,47,54)(H,48,58)(H,49,59)(H,50,56)(H,51,57)(H4,44,45,46)/t26-,27-,28-,29-,30-,31-/m0/s1. The van der Waals surface area contributed by atoms with Gasteiger partial charge in [-0.1, -0.05) is 59.8 Å². The maximum Gasteiger partial charge on any atom is 0.247 e. The van der Waals surface area contributed by atoms with Gasteiger partial charge in [-0.05, 0) is 69.1 Å². The van der Waals surface area contributed by atoms with Gasteiger partial charge in [-0.25, -0.2) is 0 Å². The second kappa shape index (κ2) is 26.3. The predicted octanol–water partition coefficient (Wildman–Crippen LogP) is -1.38. The summed E-state index contributed by atoms with van der Waals surface area (Å²) in [4.78, 5) is 110.